The highest BCUT2D eigenvalue weighted by atomic mass is 79.9. The minimum absolute atomic E-state index is 0.250. The molecule has 0 heterocycles. The molecule has 0 saturated heterocycles. The summed E-state index contributed by atoms with van der Waals surface area (Å²) in [7, 11) is 0. The monoisotopic (exact) mass is 345 g/mol. The minimum atomic E-state index is -0.652. The van der Waals surface area contributed by atoms with Crippen molar-refractivity contribution in [1.82, 2.24) is 10.6 Å². The summed E-state index contributed by atoms with van der Waals surface area (Å²) in [5.41, 5.74) is 0.421. The lowest BCUT2D eigenvalue weighted by Crippen LogP contribution is -2.46. The van der Waals surface area contributed by atoms with Gasteiger partial charge in [0.1, 0.15) is 11.9 Å². The molecule has 1 aromatic rings. The number of amides is 3. The Bertz CT molecular complexity index is 497. The first-order valence-electron chi connectivity index (χ1n) is 6.24. The van der Waals surface area contributed by atoms with Crippen LogP contribution in [0.4, 0.5) is 14.9 Å². The van der Waals surface area contributed by atoms with E-state index in [2.05, 4.69) is 31.9 Å². The van der Waals surface area contributed by atoms with E-state index >= 15 is 0 Å². The summed E-state index contributed by atoms with van der Waals surface area (Å²) in [6.07, 6.45) is 0.827. The van der Waals surface area contributed by atoms with Crippen LogP contribution in [-0.2, 0) is 4.79 Å². The predicted octanol–water partition coefficient (Wildman–Crippen LogP) is 2.62. The van der Waals surface area contributed by atoms with E-state index in [1.165, 1.54) is 18.2 Å². The van der Waals surface area contributed by atoms with Gasteiger partial charge in [0.05, 0.1) is 5.69 Å². The number of halogens is 2. The third kappa shape index (κ3) is 5.16. The minimum Gasteiger partial charge on any atom is -0.354 e. The lowest BCUT2D eigenvalue weighted by Gasteiger charge is -2.15. The molecule has 1 atom stereocenters. The van der Waals surface area contributed by atoms with Gasteiger partial charge in [-0.15, -0.1) is 0 Å². The molecular formula is C13H17BrFN3O2. The average molecular weight is 346 g/mol. The summed E-state index contributed by atoms with van der Waals surface area (Å²) in [6, 6.07) is 2.73. The van der Waals surface area contributed by atoms with Crippen LogP contribution < -0.4 is 16.0 Å². The summed E-state index contributed by atoms with van der Waals surface area (Å²) in [5.74, 6) is -0.657. The molecule has 5 nitrogen and oxygen atoms in total. The van der Waals surface area contributed by atoms with Crippen LogP contribution in [-0.4, -0.2) is 24.5 Å². The number of anilines is 1. The Morgan fingerprint density at radius 3 is 2.70 bits per heavy atom. The summed E-state index contributed by atoms with van der Waals surface area (Å²) in [6.45, 7) is 4.09. The van der Waals surface area contributed by atoms with E-state index < -0.39 is 17.9 Å². The summed E-state index contributed by atoms with van der Waals surface area (Å²) in [4.78, 5) is 23.3. The van der Waals surface area contributed by atoms with E-state index in [1.807, 2.05) is 6.92 Å². The number of hydrogen-bond donors (Lipinski definition) is 3. The number of carbonyl (C=O) groups is 2. The molecule has 3 amide bonds. The summed E-state index contributed by atoms with van der Waals surface area (Å²) < 4.78 is 13.3. The zero-order valence-electron chi connectivity index (χ0n) is 11.3. The van der Waals surface area contributed by atoms with Gasteiger partial charge in [0.2, 0.25) is 5.91 Å². The largest absolute Gasteiger partial charge is 0.354 e. The molecular weight excluding hydrogens is 329 g/mol. The van der Waals surface area contributed by atoms with Gasteiger partial charge in [-0.25, -0.2) is 9.18 Å². The van der Waals surface area contributed by atoms with Gasteiger partial charge >= 0.3 is 6.03 Å². The molecule has 1 rings (SSSR count). The molecule has 0 fully saturated rings. The zero-order valence-corrected chi connectivity index (χ0v) is 12.9. The smallest absolute Gasteiger partial charge is 0.319 e. The maximum Gasteiger partial charge on any atom is 0.319 e. The van der Waals surface area contributed by atoms with E-state index in [0.717, 1.165) is 6.42 Å². The Morgan fingerprint density at radius 2 is 2.10 bits per heavy atom. The first kappa shape index (κ1) is 16.4. The molecule has 20 heavy (non-hydrogen) atoms. The van der Waals surface area contributed by atoms with E-state index in [9.17, 15) is 14.0 Å². The molecule has 0 saturated carbocycles. The van der Waals surface area contributed by atoms with Gasteiger partial charge in [-0.05, 0) is 47.5 Å². The predicted molar refractivity (Wildman–Crippen MR) is 79.0 cm³/mol. The first-order valence-corrected chi connectivity index (χ1v) is 7.03. The fourth-order valence-electron chi connectivity index (χ4n) is 1.41. The standard InChI is InChI=1S/C13H17BrFN3O2/c1-3-6-16-12(19)8(2)17-13(20)18-11-5-4-9(15)7-10(11)14/h4-5,7-8H,3,6H2,1-2H3,(H,16,19)(H2,17,18,20). The van der Waals surface area contributed by atoms with Gasteiger partial charge in [0.25, 0.3) is 0 Å². The van der Waals surface area contributed by atoms with Crippen molar-refractivity contribution in [3.8, 4) is 0 Å². The van der Waals surface area contributed by atoms with Crippen LogP contribution in [0.3, 0.4) is 0 Å². The number of rotatable bonds is 5. The maximum atomic E-state index is 12.9. The number of nitrogens with one attached hydrogen (secondary N) is 3. The van der Waals surface area contributed by atoms with E-state index in [4.69, 9.17) is 0 Å². The highest BCUT2D eigenvalue weighted by molar-refractivity contribution is 9.10. The van der Waals surface area contributed by atoms with Gasteiger partial charge in [0, 0.05) is 11.0 Å². The molecule has 1 aromatic carbocycles. The van der Waals surface area contributed by atoms with Crippen molar-refractivity contribution in [1.29, 1.82) is 0 Å². The second kappa shape index (κ2) is 7.84. The number of carbonyl (C=O) groups excluding carboxylic acids is 2. The Labute approximate surface area is 125 Å². The lowest BCUT2D eigenvalue weighted by atomic mass is 10.3. The maximum absolute atomic E-state index is 12.9. The SMILES string of the molecule is CCCNC(=O)C(C)NC(=O)Nc1ccc(F)cc1Br. The van der Waals surface area contributed by atoms with Crippen LogP contribution in [0.15, 0.2) is 22.7 Å². The zero-order chi connectivity index (χ0) is 15.1. The molecule has 0 aliphatic rings. The van der Waals surface area contributed by atoms with Crippen LogP contribution in [0.25, 0.3) is 0 Å². The van der Waals surface area contributed by atoms with Crippen molar-refractivity contribution in [3.05, 3.63) is 28.5 Å². The summed E-state index contributed by atoms with van der Waals surface area (Å²) in [5, 5.41) is 7.72. The van der Waals surface area contributed by atoms with Gasteiger partial charge < -0.3 is 16.0 Å². The topological polar surface area (TPSA) is 70.2 Å². The highest BCUT2D eigenvalue weighted by Gasteiger charge is 2.15. The average Bonchev–Trinajstić information content (AvgIpc) is 2.39. The van der Waals surface area contributed by atoms with Crippen molar-refractivity contribution >= 4 is 33.6 Å². The van der Waals surface area contributed by atoms with Gasteiger partial charge in [-0.3, -0.25) is 4.79 Å². The Kier molecular flexibility index (Phi) is 6.44. The highest BCUT2D eigenvalue weighted by Crippen LogP contribution is 2.22. The molecule has 0 aromatic heterocycles. The Balaban J connectivity index is 2.52. The van der Waals surface area contributed by atoms with E-state index in [0.29, 0.717) is 16.7 Å². The number of hydrogen-bond acceptors (Lipinski definition) is 2. The van der Waals surface area contributed by atoms with Crippen LogP contribution in [0.5, 0.6) is 0 Å². The second-order valence-electron chi connectivity index (χ2n) is 4.24. The van der Waals surface area contributed by atoms with Crippen molar-refractivity contribution in [2.45, 2.75) is 26.3 Å². The van der Waals surface area contributed by atoms with Crippen molar-refractivity contribution in [2.75, 3.05) is 11.9 Å². The normalized spacial score (nSPS) is 11.6. The van der Waals surface area contributed by atoms with Gasteiger partial charge in [-0.1, -0.05) is 6.92 Å². The molecule has 7 heteroatoms. The molecule has 0 aliphatic carbocycles. The van der Waals surface area contributed by atoms with Gasteiger partial charge in [-0.2, -0.15) is 0 Å². The van der Waals surface area contributed by atoms with Crippen molar-refractivity contribution in [3.63, 3.8) is 0 Å². The quantitative estimate of drug-likeness (QED) is 0.767. The molecule has 0 bridgehead atoms. The molecule has 0 radical (unpaired) electrons. The summed E-state index contributed by atoms with van der Waals surface area (Å²) >= 11 is 3.14. The first-order chi connectivity index (χ1) is 9.43. The fraction of sp³-hybridized carbons (Fsp3) is 0.385. The second-order valence-corrected chi connectivity index (χ2v) is 5.09. The number of urea groups is 1. The third-order valence-electron chi connectivity index (χ3n) is 2.47. The molecule has 3 N–H and O–H groups in total. The molecule has 0 aliphatic heterocycles. The Morgan fingerprint density at radius 1 is 1.40 bits per heavy atom. The Hall–Kier alpha value is -1.63. The molecule has 1 unspecified atom stereocenters. The van der Waals surface area contributed by atoms with Crippen LogP contribution in [0.2, 0.25) is 0 Å². The fourth-order valence-corrected chi connectivity index (χ4v) is 1.86. The van der Waals surface area contributed by atoms with Crippen molar-refractivity contribution < 1.29 is 14.0 Å². The van der Waals surface area contributed by atoms with Gasteiger partial charge in [0.15, 0.2) is 0 Å². The molecule has 110 valence electrons. The van der Waals surface area contributed by atoms with Crippen LogP contribution in [0.1, 0.15) is 20.3 Å². The van der Waals surface area contributed by atoms with Crippen LogP contribution >= 0.6 is 15.9 Å². The van der Waals surface area contributed by atoms with E-state index in [1.54, 1.807) is 6.92 Å². The lowest BCUT2D eigenvalue weighted by molar-refractivity contribution is -0.122. The third-order valence-corrected chi connectivity index (χ3v) is 3.13. The molecule has 0 spiro atoms. The van der Waals surface area contributed by atoms with E-state index in [-0.39, 0.29) is 5.91 Å². The number of benzene rings is 1. The van der Waals surface area contributed by atoms with Crippen LogP contribution in [0, 0.1) is 5.82 Å². The van der Waals surface area contributed by atoms with Crippen molar-refractivity contribution in [2.24, 2.45) is 0 Å².